The molecule has 15 heavy (non-hydrogen) atoms. The maximum absolute atomic E-state index is 5.45. The van der Waals surface area contributed by atoms with Crippen LogP contribution in [0.2, 0.25) is 0 Å². The van der Waals surface area contributed by atoms with Gasteiger partial charge in [-0.15, -0.1) is 0 Å². The van der Waals surface area contributed by atoms with Gasteiger partial charge < -0.3 is 5.73 Å². The molecule has 0 fully saturated rings. The maximum Gasteiger partial charge on any atom is 0.125 e. The van der Waals surface area contributed by atoms with Gasteiger partial charge in [-0.25, -0.2) is 14.6 Å². The van der Waals surface area contributed by atoms with Gasteiger partial charge in [-0.3, -0.25) is 0 Å². The van der Waals surface area contributed by atoms with Gasteiger partial charge in [0.15, 0.2) is 0 Å². The van der Waals surface area contributed by atoms with Crippen LogP contribution < -0.4 is 5.73 Å². The lowest BCUT2D eigenvalue weighted by Crippen LogP contribution is -2.04. The number of hydrogen-bond donors (Lipinski definition) is 1. The summed E-state index contributed by atoms with van der Waals surface area (Å²) < 4.78 is 1.75. The van der Waals surface area contributed by atoms with E-state index in [1.165, 1.54) is 0 Å². The number of nitrogens with zero attached hydrogens (tertiary/aromatic N) is 4. The summed E-state index contributed by atoms with van der Waals surface area (Å²) in [6.45, 7) is 2.47. The van der Waals surface area contributed by atoms with Gasteiger partial charge in [0.1, 0.15) is 11.5 Å². The molecule has 0 saturated heterocycles. The van der Waals surface area contributed by atoms with Crippen molar-refractivity contribution >= 4 is 0 Å². The molecule has 0 unspecified atom stereocenters. The molecule has 78 valence electrons. The van der Waals surface area contributed by atoms with Crippen LogP contribution in [0.1, 0.15) is 11.5 Å². The van der Waals surface area contributed by atoms with E-state index in [4.69, 9.17) is 5.73 Å². The van der Waals surface area contributed by atoms with Crippen molar-refractivity contribution in [3.63, 3.8) is 0 Å². The summed E-state index contributed by atoms with van der Waals surface area (Å²) in [6.07, 6.45) is 6.18. The Hall–Kier alpha value is -1.75. The minimum atomic E-state index is 0.613. The second-order valence-electron chi connectivity index (χ2n) is 3.28. The van der Waals surface area contributed by atoms with Crippen molar-refractivity contribution in [1.82, 2.24) is 19.7 Å². The first kappa shape index (κ1) is 9.79. The van der Waals surface area contributed by atoms with Crippen molar-refractivity contribution < 1.29 is 0 Å². The molecule has 2 N–H and O–H groups in total. The summed E-state index contributed by atoms with van der Waals surface area (Å²) in [6, 6.07) is 1.95. The molecule has 0 aliphatic rings. The molecule has 2 rings (SSSR count). The first-order valence-corrected chi connectivity index (χ1v) is 4.83. The SMILES string of the molecule is Cc1ncc(-n2ccc(CCN)n2)cn1. The molecule has 5 nitrogen and oxygen atoms in total. The van der Waals surface area contributed by atoms with E-state index in [-0.39, 0.29) is 0 Å². The number of nitrogens with two attached hydrogens (primary N) is 1. The second kappa shape index (κ2) is 4.18. The van der Waals surface area contributed by atoms with Crippen LogP contribution in [0.5, 0.6) is 0 Å². The van der Waals surface area contributed by atoms with Gasteiger partial charge in [-0.1, -0.05) is 0 Å². The molecule has 5 heteroatoms. The lowest BCUT2D eigenvalue weighted by atomic mass is 10.3. The molecule has 0 saturated carbocycles. The standard InChI is InChI=1S/C10H13N5/c1-8-12-6-10(7-13-8)15-5-3-9(14-15)2-4-11/h3,5-7H,2,4,11H2,1H3. The highest BCUT2D eigenvalue weighted by atomic mass is 15.3. The summed E-state index contributed by atoms with van der Waals surface area (Å²) in [5, 5.41) is 4.36. The van der Waals surface area contributed by atoms with E-state index in [9.17, 15) is 0 Å². The van der Waals surface area contributed by atoms with Crippen LogP contribution in [0.15, 0.2) is 24.7 Å². The van der Waals surface area contributed by atoms with Gasteiger partial charge >= 0.3 is 0 Å². The quantitative estimate of drug-likeness (QED) is 0.787. The Kier molecular flexibility index (Phi) is 2.73. The van der Waals surface area contributed by atoms with E-state index < -0.39 is 0 Å². The molecular weight excluding hydrogens is 190 g/mol. The van der Waals surface area contributed by atoms with Crippen LogP contribution >= 0.6 is 0 Å². The minimum absolute atomic E-state index is 0.613. The van der Waals surface area contributed by atoms with Crippen molar-refractivity contribution in [2.24, 2.45) is 5.73 Å². The smallest absolute Gasteiger partial charge is 0.125 e. The predicted molar refractivity (Wildman–Crippen MR) is 56.6 cm³/mol. The van der Waals surface area contributed by atoms with Gasteiger partial charge in [0, 0.05) is 12.6 Å². The zero-order chi connectivity index (χ0) is 10.7. The highest BCUT2D eigenvalue weighted by molar-refractivity contribution is 5.24. The van der Waals surface area contributed by atoms with Crippen LogP contribution in [0.25, 0.3) is 5.69 Å². The van der Waals surface area contributed by atoms with Crippen LogP contribution in [0.4, 0.5) is 0 Å². The minimum Gasteiger partial charge on any atom is -0.330 e. The van der Waals surface area contributed by atoms with E-state index >= 15 is 0 Å². The van der Waals surface area contributed by atoms with E-state index in [1.807, 2.05) is 19.2 Å². The van der Waals surface area contributed by atoms with Crippen molar-refractivity contribution in [3.05, 3.63) is 36.2 Å². The molecule has 0 aliphatic carbocycles. The Balaban J connectivity index is 2.25. The average molecular weight is 203 g/mol. The number of aryl methyl sites for hydroxylation is 1. The Bertz CT molecular complexity index is 431. The van der Waals surface area contributed by atoms with E-state index in [1.54, 1.807) is 17.1 Å². The van der Waals surface area contributed by atoms with Crippen molar-refractivity contribution in [2.75, 3.05) is 6.54 Å². The average Bonchev–Trinajstić information content (AvgIpc) is 2.68. The summed E-state index contributed by atoms with van der Waals surface area (Å²) in [4.78, 5) is 8.23. The van der Waals surface area contributed by atoms with Gasteiger partial charge in [-0.05, 0) is 19.5 Å². The molecule has 0 amide bonds. The normalized spacial score (nSPS) is 10.5. The number of aromatic nitrogens is 4. The lowest BCUT2D eigenvalue weighted by Gasteiger charge is -1.99. The zero-order valence-electron chi connectivity index (χ0n) is 8.59. The zero-order valence-corrected chi connectivity index (χ0v) is 8.59. The topological polar surface area (TPSA) is 69.6 Å². The summed E-state index contributed by atoms with van der Waals surface area (Å²) in [7, 11) is 0. The summed E-state index contributed by atoms with van der Waals surface area (Å²) >= 11 is 0. The second-order valence-corrected chi connectivity index (χ2v) is 3.28. The van der Waals surface area contributed by atoms with Gasteiger partial charge in [-0.2, -0.15) is 5.10 Å². The van der Waals surface area contributed by atoms with Crippen LogP contribution in [0.3, 0.4) is 0 Å². The molecule has 0 atom stereocenters. The number of rotatable bonds is 3. The fourth-order valence-corrected chi connectivity index (χ4v) is 1.29. The largest absolute Gasteiger partial charge is 0.330 e. The van der Waals surface area contributed by atoms with Crippen LogP contribution in [-0.2, 0) is 6.42 Å². The van der Waals surface area contributed by atoms with Gasteiger partial charge in [0.25, 0.3) is 0 Å². The summed E-state index contributed by atoms with van der Waals surface area (Å²) in [5.41, 5.74) is 7.30. The third-order valence-corrected chi connectivity index (χ3v) is 2.08. The molecule has 0 bridgehead atoms. The Labute approximate surface area is 88.0 Å². The monoisotopic (exact) mass is 203 g/mol. The highest BCUT2D eigenvalue weighted by Gasteiger charge is 2.00. The van der Waals surface area contributed by atoms with Gasteiger partial charge in [0.05, 0.1) is 18.1 Å². The van der Waals surface area contributed by atoms with E-state index in [0.29, 0.717) is 6.54 Å². The highest BCUT2D eigenvalue weighted by Crippen LogP contribution is 2.05. The summed E-state index contributed by atoms with van der Waals surface area (Å²) in [5.74, 6) is 0.757. The molecule has 0 radical (unpaired) electrons. The number of hydrogen-bond acceptors (Lipinski definition) is 4. The molecule has 0 aliphatic heterocycles. The Morgan fingerprint density at radius 1 is 1.33 bits per heavy atom. The molecular formula is C10H13N5. The fourth-order valence-electron chi connectivity index (χ4n) is 1.29. The molecule has 0 spiro atoms. The third-order valence-electron chi connectivity index (χ3n) is 2.08. The molecule has 2 heterocycles. The van der Waals surface area contributed by atoms with Gasteiger partial charge in [0.2, 0.25) is 0 Å². The Morgan fingerprint density at radius 3 is 2.73 bits per heavy atom. The third kappa shape index (κ3) is 2.19. The molecule has 2 aromatic heterocycles. The van der Waals surface area contributed by atoms with Crippen LogP contribution in [-0.4, -0.2) is 26.3 Å². The predicted octanol–water partition coefficient (Wildman–Crippen LogP) is 0.472. The molecule has 2 aromatic rings. The lowest BCUT2D eigenvalue weighted by molar-refractivity contribution is 0.810. The van der Waals surface area contributed by atoms with Crippen molar-refractivity contribution in [3.8, 4) is 5.69 Å². The Morgan fingerprint density at radius 2 is 2.07 bits per heavy atom. The maximum atomic E-state index is 5.45. The van der Waals surface area contributed by atoms with Crippen molar-refractivity contribution in [2.45, 2.75) is 13.3 Å². The van der Waals surface area contributed by atoms with Crippen molar-refractivity contribution in [1.29, 1.82) is 0 Å². The van der Waals surface area contributed by atoms with Crippen LogP contribution in [0, 0.1) is 6.92 Å². The fraction of sp³-hybridized carbons (Fsp3) is 0.300. The first-order chi connectivity index (χ1) is 7.29. The van der Waals surface area contributed by atoms with E-state index in [2.05, 4.69) is 15.1 Å². The van der Waals surface area contributed by atoms with E-state index in [0.717, 1.165) is 23.6 Å². The molecule has 0 aromatic carbocycles. The first-order valence-electron chi connectivity index (χ1n) is 4.83.